The lowest BCUT2D eigenvalue weighted by atomic mass is 9.47. The van der Waals surface area contributed by atoms with Crippen molar-refractivity contribution in [3.8, 4) is 0 Å². The van der Waals surface area contributed by atoms with E-state index in [1.165, 1.54) is 23.3 Å². The highest BCUT2D eigenvalue weighted by Crippen LogP contribution is 2.65. The Labute approximate surface area is 179 Å². The SMILES string of the molecule is C[C@]12CC[C@H]3[C@@H](CC=C4C[C@@H](O)CC[C@@]43C)[C@@H]1CC(=O)[C@@H]2CSc1ccccc1. The number of carbonyl (C=O) groups excluding carboxylic acids is 1. The van der Waals surface area contributed by atoms with Gasteiger partial charge in [-0.3, -0.25) is 4.79 Å². The van der Waals surface area contributed by atoms with Crippen LogP contribution in [-0.4, -0.2) is 22.7 Å². The fourth-order valence-corrected chi connectivity index (χ4v) is 8.79. The van der Waals surface area contributed by atoms with Gasteiger partial charge < -0.3 is 5.11 Å². The number of benzene rings is 1. The molecule has 2 nitrogen and oxygen atoms in total. The molecule has 3 fully saturated rings. The summed E-state index contributed by atoms with van der Waals surface area (Å²) in [7, 11) is 0. The van der Waals surface area contributed by atoms with Gasteiger partial charge in [0.1, 0.15) is 5.78 Å². The number of hydrogen-bond donors (Lipinski definition) is 1. The van der Waals surface area contributed by atoms with Crippen molar-refractivity contribution in [2.24, 2.45) is 34.5 Å². The van der Waals surface area contributed by atoms with E-state index in [1.54, 1.807) is 0 Å². The first kappa shape index (κ1) is 19.9. The van der Waals surface area contributed by atoms with Gasteiger partial charge >= 0.3 is 0 Å². The average molecular weight is 411 g/mol. The van der Waals surface area contributed by atoms with Gasteiger partial charge in [-0.2, -0.15) is 0 Å². The summed E-state index contributed by atoms with van der Waals surface area (Å²) in [5.41, 5.74) is 1.93. The number of carbonyl (C=O) groups is 1. The Morgan fingerprint density at radius 2 is 1.86 bits per heavy atom. The van der Waals surface area contributed by atoms with E-state index < -0.39 is 0 Å². The van der Waals surface area contributed by atoms with Crippen LogP contribution in [0.2, 0.25) is 0 Å². The number of allylic oxidation sites excluding steroid dienone is 1. The number of aliphatic hydroxyl groups is 1. The Morgan fingerprint density at radius 1 is 1.07 bits per heavy atom. The summed E-state index contributed by atoms with van der Waals surface area (Å²) in [5.74, 6) is 3.52. The maximum absolute atomic E-state index is 13.2. The highest BCUT2D eigenvalue weighted by atomic mass is 32.2. The van der Waals surface area contributed by atoms with Crippen molar-refractivity contribution >= 4 is 17.5 Å². The van der Waals surface area contributed by atoms with Gasteiger partial charge in [0.25, 0.3) is 0 Å². The molecule has 0 radical (unpaired) electrons. The normalized spacial score (nSPS) is 43.9. The summed E-state index contributed by atoms with van der Waals surface area (Å²) in [6, 6.07) is 10.5. The van der Waals surface area contributed by atoms with E-state index in [-0.39, 0.29) is 22.9 Å². The fourth-order valence-electron chi connectivity index (χ4n) is 7.51. The standard InChI is InChI=1S/C26H34O2S/c1-25-12-10-18(27)14-17(25)8-9-20-21(25)11-13-26(2)22(20)15-24(28)23(26)16-29-19-6-4-3-5-7-19/h3-8,18,20-23,27H,9-16H2,1-2H3/t18-,20+,21-,22-,23-,25-,26-/m0/s1. The Hall–Kier alpha value is -1.06. The van der Waals surface area contributed by atoms with Gasteiger partial charge in [0, 0.05) is 23.0 Å². The van der Waals surface area contributed by atoms with Gasteiger partial charge in [0.05, 0.1) is 6.10 Å². The number of ketones is 1. The van der Waals surface area contributed by atoms with Gasteiger partial charge in [-0.25, -0.2) is 0 Å². The summed E-state index contributed by atoms with van der Waals surface area (Å²) in [6.07, 6.45) is 9.60. The van der Waals surface area contributed by atoms with Crippen molar-refractivity contribution in [1.29, 1.82) is 0 Å². The van der Waals surface area contributed by atoms with Gasteiger partial charge in [0.2, 0.25) is 0 Å². The summed E-state index contributed by atoms with van der Waals surface area (Å²) in [6.45, 7) is 4.89. The topological polar surface area (TPSA) is 37.3 Å². The molecule has 4 aliphatic carbocycles. The number of thioether (sulfide) groups is 1. The predicted molar refractivity (Wildman–Crippen MR) is 119 cm³/mol. The molecule has 0 amide bonds. The maximum Gasteiger partial charge on any atom is 0.137 e. The number of fused-ring (bicyclic) bond motifs is 5. The van der Waals surface area contributed by atoms with Gasteiger partial charge in [-0.05, 0) is 79.2 Å². The molecule has 0 saturated heterocycles. The van der Waals surface area contributed by atoms with Crippen molar-refractivity contribution in [1.82, 2.24) is 0 Å². The third kappa shape index (κ3) is 3.15. The highest BCUT2D eigenvalue weighted by Gasteiger charge is 2.60. The van der Waals surface area contributed by atoms with Crippen LogP contribution in [-0.2, 0) is 4.79 Å². The Morgan fingerprint density at radius 3 is 2.66 bits per heavy atom. The second kappa shape index (κ2) is 7.27. The summed E-state index contributed by atoms with van der Waals surface area (Å²) in [5, 5.41) is 10.2. The van der Waals surface area contributed by atoms with Gasteiger partial charge in [-0.15, -0.1) is 11.8 Å². The van der Waals surface area contributed by atoms with Crippen LogP contribution in [0.1, 0.15) is 58.8 Å². The summed E-state index contributed by atoms with van der Waals surface area (Å²) >= 11 is 1.86. The number of hydrogen-bond acceptors (Lipinski definition) is 3. The van der Waals surface area contributed by atoms with E-state index in [0.717, 1.165) is 37.9 Å². The lowest BCUT2D eigenvalue weighted by Gasteiger charge is -2.57. The van der Waals surface area contributed by atoms with Gasteiger partial charge in [0.15, 0.2) is 0 Å². The van der Waals surface area contributed by atoms with Crippen LogP contribution in [0.4, 0.5) is 0 Å². The zero-order valence-corrected chi connectivity index (χ0v) is 18.6. The molecule has 1 aromatic rings. The minimum absolute atomic E-state index is 0.146. The first-order valence-electron chi connectivity index (χ1n) is 11.5. The van der Waals surface area contributed by atoms with Crippen LogP contribution in [0.3, 0.4) is 0 Å². The lowest BCUT2D eigenvalue weighted by Crippen LogP contribution is -2.50. The van der Waals surface area contributed by atoms with Crippen molar-refractivity contribution in [2.75, 3.05) is 5.75 Å². The minimum atomic E-state index is -0.146. The molecule has 5 rings (SSSR count). The zero-order chi connectivity index (χ0) is 20.2. The second-order valence-corrected chi connectivity index (χ2v) is 11.6. The van der Waals surface area contributed by atoms with Crippen LogP contribution in [0.5, 0.6) is 0 Å². The van der Waals surface area contributed by atoms with E-state index in [4.69, 9.17) is 0 Å². The molecule has 29 heavy (non-hydrogen) atoms. The zero-order valence-electron chi connectivity index (χ0n) is 17.8. The van der Waals surface area contributed by atoms with E-state index in [1.807, 2.05) is 11.8 Å². The summed E-state index contributed by atoms with van der Waals surface area (Å²) < 4.78 is 0. The van der Waals surface area contributed by atoms with Crippen LogP contribution in [0.25, 0.3) is 0 Å². The Bertz CT molecular complexity index is 817. The molecule has 1 aromatic carbocycles. The Kier molecular flexibility index (Phi) is 4.98. The van der Waals surface area contributed by atoms with Crippen LogP contribution >= 0.6 is 11.8 Å². The largest absolute Gasteiger partial charge is 0.393 e. The van der Waals surface area contributed by atoms with Crippen molar-refractivity contribution in [2.45, 2.75) is 69.8 Å². The molecule has 0 heterocycles. The fraction of sp³-hybridized carbons (Fsp3) is 0.654. The molecule has 1 N–H and O–H groups in total. The van der Waals surface area contributed by atoms with Gasteiger partial charge in [-0.1, -0.05) is 43.7 Å². The Balaban J connectivity index is 1.38. The van der Waals surface area contributed by atoms with Crippen LogP contribution in [0.15, 0.2) is 46.9 Å². The molecule has 0 bridgehead atoms. The van der Waals surface area contributed by atoms with Crippen LogP contribution in [0, 0.1) is 34.5 Å². The minimum Gasteiger partial charge on any atom is -0.393 e. The molecule has 4 aliphatic rings. The number of aliphatic hydroxyl groups excluding tert-OH is 1. The highest BCUT2D eigenvalue weighted by molar-refractivity contribution is 7.99. The van der Waals surface area contributed by atoms with Crippen molar-refractivity contribution in [3.05, 3.63) is 42.0 Å². The predicted octanol–water partition coefficient (Wildman–Crippen LogP) is 5.90. The molecular formula is C26H34O2S. The van der Waals surface area contributed by atoms with E-state index in [9.17, 15) is 9.90 Å². The van der Waals surface area contributed by atoms with Crippen molar-refractivity contribution < 1.29 is 9.90 Å². The van der Waals surface area contributed by atoms with Crippen molar-refractivity contribution in [3.63, 3.8) is 0 Å². The van der Waals surface area contributed by atoms with E-state index >= 15 is 0 Å². The molecule has 3 saturated carbocycles. The molecule has 7 atom stereocenters. The molecule has 156 valence electrons. The first-order valence-corrected chi connectivity index (χ1v) is 12.5. The van der Waals surface area contributed by atoms with E-state index in [2.05, 4.69) is 50.3 Å². The smallest absolute Gasteiger partial charge is 0.137 e. The molecule has 0 unspecified atom stereocenters. The first-order chi connectivity index (χ1) is 13.9. The quantitative estimate of drug-likeness (QED) is 0.498. The number of rotatable bonds is 3. The summed E-state index contributed by atoms with van der Waals surface area (Å²) in [4.78, 5) is 14.5. The average Bonchev–Trinajstić information content (AvgIpc) is 2.97. The molecule has 0 aromatic heterocycles. The maximum atomic E-state index is 13.2. The van der Waals surface area contributed by atoms with E-state index in [0.29, 0.717) is 23.5 Å². The third-order valence-corrected chi connectivity index (χ3v) is 10.4. The molecule has 0 aliphatic heterocycles. The lowest BCUT2D eigenvalue weighted by molar-refractivity contribution is -0.121. The third-order valence-electron chi connectivity index (χ3n) is 9.28. The molecule has 3 heteroatoms. The second-order valence-electron chi connectivity index (χ2n) is 10.5. The monoisotopic (exact) mass is 410 g/mol. The molecular weight excluding hydrogens is 376 g/mol. The molecule has 0 spiro atoms. The van der Waals surface area contributed by atoms with Crippen LogP contribution < -0.4 is 0 Å². The number of Topliss-reactive ketones (excluding diaryl/α,β-unsaturated/α-hetero) is 1.